The molecule has 2 aromatic carbocycles. The molecule has 1 atom stereocenters. The highest BCUT2D eigenvalue weighted by Crippen LogP contribution is 2.34. The van der Waals surface area contributed by atoms with Gasteiger partial charge in [-0.2, -0.15) is 0 Å². The number of nitro groups is 1. The number of rotatable bonds is 6. The molecule has 1 fully saturated rings. The van der Waals surface area contributed by atoms with Gasteiger partial charge in [0.25, 0.3) is 0 Å². The second kappa shape index (κ2) is 8.65. The second-order valence-electron chi connectivity index (χ2n) is 7.09. The average Bonchev–Trinajstić information content (AvgIpc) is 2.99. The minimum absolute atomic E-state index is 0. The lowest BCUT2D eigenvalue weighted by Gasteiger charge is -2.22. The van der Waals surface area contributed by atoms with E-state index >= 15 is 0 Å². The molecule has 146 valence electrons. The van der Waals surface area contributed by atoms with Gasteiger partial charge in [-0.15, -0.1) is 12.4 Å². The third kappa shape index (κ3) is 5.15. The molecule has 2 aromatic rings. The number of nitrogens with zero attached hydrogens (tertiary/aromatic N) is 2. The van der Waals surface area contributed by atoms with E-state index in [1.54, 1.807) is 6.07 Å². The summed E-state index contributed by atoms with van der Waals surface area (Å²) < 4.78 is 18.5. The summed E-state index contributed by atoms with van der Waals surface area (Å²) in [5.41, 5.74) is 6.69. The fraction of sp³-hybridized carbons (Fsp3) is 0.368. The van der Waals surface area contributed by atoms with E-state index < -0.39 is 10.7 Å². The van der Waals surface area contributed by atoms with Gasteiger partial charge < -0.3 is 10.5 Å². The molecule has 0 radical (unpaired) electrons. The van der Waals surface area contributed by atoms with E-state index in [1.165, 1.54) is 30.3 Å². The molecule has 1 heterocycles. The summed E-state index contributed by atoms with van der Waals surface area (Å²) in [4.78, 5) is 13.2. The van der Waals surface area contributed by atoms with E-state index in [4.69, 9.17) is 10.5 Å². The molecule has 2 N–H and O–H groups in total. The zero-order chi connectivity index (χ0) is 18.7. The molecule has 0 bridgehead atoms. The van der Waals surface area contributed by atoms with Crippen LogP contribution in [0.5, 0.6) is 11.5 Å². The quantitative estimate of drug-likeness (QED) is 0.587. The number of benzene rings is 2. The molecule has 0 aromatic heterocycles. The van der Waals surface area contributed by atoms with Gasteiger partial charge in [0.15, 0.2) is 0 Å². The molecule has 0 aliphatic carbocycles. The minimum Gasteiger partial charge on any atom is -0.450 e. The van der Waals surface area contributed by atoms with Crippen molar-refractivity contribution in [3.05, 3.63) is 64.0 Å². The van der Waals surface area contributed by atoms with Crippen molar-refractivity contribution < 1.29 is 14.1 Å². The van der Waals surface area contributed by atoms with E-state index in [0.29, 0.717) is 18.8 Å². The number of likely N-dealkylation sites (tertiary alicyclic amines) is 1. The minimum atomic E-state index is -0.462. The second-order valence-corrected chi connectivity index (χ2v) is 7.09. The Morgan fingerprint density at radius 3 is 2.59 bits per heavy atom. The predicted molar refractivity (Wildman–Crippen MR) is 104 cm³/mol. The van der Waals surface area contributed by atoms with E-state index in [-0.39, 0.29) is 29.3 Å². The first-order chi connectivity index (χ1) is 12.4. The summed E-state index contributed by atoms with van der Waals surface area (Å²) in [7, 11) is 0. The van der Waals surface area contributed by atoms with Crippen molar-refractivity contribution in [1.29, 1.82) is 0 Å². The van der Waals surface area contributed by atoms with Crippen LogP contribution in [0.2, 0.25) is 0 Å². The maximum absolute atomic E-state index is 13.0. The van der Waals surface area contributed by atoms with Crippen LogP contribution < -0.4 is 10.5 Å². The molecule has 1 aliphatic heterocycles. The first-order valence-electron chi connectivity index (χ1n) is 8.52. The third-order valence-corrected chi connectivity index (χ3v) is 4.80. The van der Waals surface area contributed by atoms with Gasteiger partial charge in [0, 0.05) is 19.2 Å². The summed E-state index contributed by atoms with van der Waals surface area (Å²) in [5, 5.41) is 11.4. The smallest absolute Gasteiger partial charge is 0.311 e. The van der Waals surface area contributed by atoms with Crippen molar-refractivity contribution in [2.24, 2.45) is 11.1 Å². The van der Waals surface area contributed by atoms with Crippen LogP contribution in [0.15, 0.2) is 42.5 Å². The maximum Gasteiger partial charge on any atom is 0.311 e. The van der Waals surface area contributed by atoms with Gasteiger partial charge in [-0.1, -0.05) is 13.0 Å². The normalized spacial score (nSPS) is 19.5. The number of ether oxygens (including phenoxy) is 1. The van der Waals surface area contributed by atoms with Crippen LogP contribution in [0.4, 0.5) is 10.1 Å². The van der Waals surface area contributed by atoms with Crippen molar-refractivity contribution in [2.45, 2.75) is 19.9 Å². The summed E-state index contributed by atoms with van der Waals surface area (Å²) in [6, 6.07) is 10.3. The maximum atomic E-state index is 13.0. The van der Waals surface area contributed by atoms with Crippen LogP contribution in [0.3, 0.4) is 0 Å². The highest BCUT2D eigenvalue weighted by molar-refractivity contribution is 5.85. The Labute approximate surface area is 163 Å². The molecular formula is C19H23ClFN3O3. The van der Waals surface area contributed by atoms with Crippen LogP contribution in [-0.2, 0) is 6.54 Å². The SMILES string of the molecule is CC1(CN)CCN(Cc2ccc(Oc3ccc(F)cc3)c([N+](=O)[O-])c2)C1.Cl. The third-order valence-electron chi connectivity index (χ3n) is 4.80. The van der Waals surface area contributed by atoms with Crippen molar-refractivity contribution >= 4 is 18.1 Å². The molecule has 8 heteroatoms. The molecule has 0 saturated carbocycles. The summed E-state index contributed by atoms with van der Waals surface area (Å²) in [6.07, 6.45) is 1.03. The molecule has 0 spiro atoms. The van der Waals surface area contributed by atoms with Crippen LogP contribution in [0, 0.1) is 21.3 Å². The van der Waals surface area contributed by atoms with Crippen LogP contribution in [-0.4, -0.2) is 29.5 Å². The van der Waals surface area contributed by atoms with Gasteiger partial charge in [0.05, 0.1) is 4.92 Å². The Balaban J connectivity index is 0.00000261. The zero-order valence-corrected chi connectivity index (χ0v) is 15.9. The molecule has 6 nitrogen and oxygen atoms in total. The number of nitrogens with two attached hydrogens (primary N) is 1. The van der Waals surface area contributed by atoms with E-state index in [9.17, 15) is 14.5 Å². The average molecular weight is 396 g/mol. The van der Waals surface area contributed by atoms with Gasteiger partial charge in [-0.3, -0.25) is 15.0 Å². The highest BCUT2D eigenvalue weighted by Gasteiger charge is 2.32. The first-order valence-corrected chi connectivity index (χ1v) is 8.52. The topological polar surface area (TPSA) is 81.6 Å². The number of nitro benzene ring substituents is 1. The van der Waals surface area contributed by atoms with E-state index in [2.05, 4.69) is 11.8 Å². The van der Waals surface area contributed by atoms with Crippen LogP contribution >= 0.6 is 12.4 Å². The van der Waals surface area contributed by atoms with Crippen molar-refractivity contribution in [1.82, 2.24) is 4.90 Å². The molecule has 3 rings (SSSR count). The van der Waals surface area contributed by atoms with E-state index in [0.717, 1.165) is 25.1 Å². The lowest BCUT2D eigenvalue weighted by molar-refractivity contribution is -0.385. The first kappa shape index (κ1) is 21.1. The van der Waals surface area contributed by atoms with Gasteiger partial charge in [0.1, 0.15) is 11.6 Å². The molecule has 0 amide bonds. The summed E-state index contributed by atoms with van der Waals surface area (Å²) >= 11 is 0. The van der Waals surface area contributed by atoms with Gasteiger partial charge in [0.2, 0.25) is 5.75 Å². The fourth-order valence-electron chi connectivity index (χ4n) is 3.21. The fourth-order valence-corrected chi connectivity index (χ4v) is 3.21. The lowest BCUT2D eigenvalue weighted by Crippen LogP contribution is -2.31. The standard InChI is InChI=1S/C19H22FN3O3.ClH/c1-19(12-21)8-9-22(13-19)11-14-2-7-18(17(10-14)23(24)25)26-16-5-3-15(20)4-6-16;/h2-7,10H,8-9,11-13,21H2,1H3;1H. The Morgan fingerprint density at radius 1 is 1.30 bits per heavy atom. The van der Waals surface area contributed by atoms with Crippen molar-refractivity contribution in [2.75, 3.05) is 19.6 Å². The summed E-state index contributed by atoms with van der Waals surface area (Å²) in [6.45, 7) is 5.23. The van der Waals surface area contributed by atoms with Crippen LogP contribution in [0.1, 0.15) is 18.9 Å². The van der Waals surface area contributed by atoms with Crippen molar-refractivity contribution in [3.63, 3.8) is 0 Å². The highest BCUT2D eigenvalue weighted by atomic mass is 35.5. The number of hydrogen-bond donors (Lipinski definition) is 1. The van der Waals surface area contributed by atoms with Gasteiger partial charge in [-0.25, -0.2) is 4.39 Å². The van der Waals surface area contributed by atoms with Crippen LogP contribution in [0.25, 0.3) is 0 Å². The summed E-state index contributed by atoms with van der Waals surface area (Å²) in [5.74, 6) is 0.0939. The number of halogens is 2. The predicted octanol–water partition coefficient (Wildman–Crippen LogP) is 4.12. The molecule has 1 aliphatic rings. The molecule has 1 unspecified atom stereocenters. The Morgan fingerprint density at radius 2 is 2.00 bits per heavy atom. The largest absolute Gasteiger partial charge is 0.450 e. The lowest BCUT2D eigenvalue weighted by atomic mass is 9.90. The van der Waals surface area contributed by atoms with E-state index in [1.807, 2.05) is 6.07 Å². The Kier molecular flexibility index (Phi) is 6.75. The monoisotopic (exact) mass is 395 g/mol. The molecule has 1 saturated heterocycles. The van der Waals surface area contributed by atoms with Gasteiger partial charge in [-0.05, 0) is 60.8 Å². The number of hydrogen-bond acceptors (Lipinski definition) is 5. The van der Waals surface area contributed by atoms with Crippen molar-refractivity contribution in [3.8, 4) is 11.5 Å². The Bertz CT molecular complexity index is 803. The van der Waals surface area contributed by atoms with Gasteiger partial charge >= 0.3 is 5.69 Å². The molecule has 27 heavy (non-hydrogen) atoms. The zero-order valence-electron chi connectivity index (χ0n) is 15.1. The molecular weight excluding hydrogens is 373 g/mol. The Hall–Kier alpha value is -2.22.